The van der Waals surface area contributed by atoms with Crippen molar-refractivity contribution in [1.29, 1.82) is 0 Å². The van der Waals surface area contributed by atoms with Crippen molar-refractivity contribution in [1.82, 2.24) is 5.32 Å². The molecule has 0 atom stereocenters. The van der Waals surface area contributed by atoms with Gasteiger partial charge in [0.2, 0.25) is 0 Å². The molecule has 0 bridgehead atoms. The van der Waals surface area contributed by atoms with Gasteiger partial charge < -0.3 is 10.6 Å². The first-order valence-corrected chi connectivity index (χ1v) is 5.10. The van der Waals surface area contributed by atoms with Gasteiger partial charge in [0.1, 0.15) is 5.82 Å². The molecule has 6 heteroatoms. The number of urea groups is 1. The van der Waals surface area contributed by atoms with Crippen LogP contribution in [0.4, 0.5) is 14.9 Å². The number of carbonyl (C=O) groups excluding carboxylic acids is 1. The van der Waals surface area contributed by atoms with Gasteiger partial charge in [0, 0.05) is 18.1 Å². The molecule has 0 aromatic heterocycles. The van der Waals surface area contributed by atoms with E-state index in [2.05, 4.69) is 10.6 Å². The quantitative estimate of drug-likeness (QED) is 0.797. The third-order valence-electron chi connectivity index (χ3n) is 1.56. The highest BCUT2D eigenvalue weighted by atomic mass is 35.5. The van der Waals surface area contributed by atoms with Gasteiger partial charge in [-0.1, -0.05) is 11.6 Å². The molecule has 0 spiro atoms. The number of carbonyl (C=O) groups is 1. The van der Waals surface area contributed by atoms with Crippen molar-refractivity contribution in [2.24, 2.45) is 0 Å². The van der Waals surface area contributed by atoms with Gasteiger partial charge in [-0.3, -0.25) is 0 Å². The molecule has 0 aliphatic heterocycles. The van der Waals surface area contributed by atoms with Gasteiger partial charge in [0.05, 0.1) is 5.02 Å². The largest absolute Gasteiger partial charge is 0.337 e. The summed E-state index contributed by atoms with van der Waals surface area (Å²) in [5, 5.41) is 4.94. The van der Waals surface area contributed by atoms with Crippen LogP contribution >= 0.6 is 23.2 Å². The van der Waals surface area contributed by atoms with Crippen molar-refractivity contribution < 1.29 is 9.18 Å². The molecule has 3 nitrogen and oxygen atoms in total. The average molecular weight is 251 g/mol. The standard InChI is InChI=1S/C9H9Cl2FN2O/c10-3-4-13-9(15)14-6-1-2-8(12)7(11)5-6/h1-2,5H,3-4H2,(H2,13,14,15). The smallest absolute Gasteiger partial charge is 0.319 e. The lowest BCUT2D eigenvalue weighted by Crippen LogP contribution is -2.30. The molecule has 1 rings (SSSR count). The maximum atomic E-state index is 12.8. The minimum atomic E-state index is -0.525. The van der Waals surface area contributed by atoms with E-state index in [1.54, 1.807) is 0 Å². The van der Waals surface area contributed by atoms with Crippen LogP contribution in [-0.2, 0) is 0 Å². The summed E-state index contributed by atoms with van der Waals surface area (Å²) in [5.74, 6) is -0.194. The van der Waals surface area contributed by atoms with Crippen LogP contribution in [0.25, 0.3) is 0 Å². The maximum absolute atomic E-state index is 12.8. The van der Waals surface area contributed by atoms with Crippen molar-refractivity contribution in [3.05, 3.63) is 29.0 Å². The van der Waals surface area contributed by atoms with Crippen molar-refractivity contribution >= 4 is 34.9 Å². The van der Waals surface area contributed by atoms with E-state index >= 15 is 0 Å². The van der Waals surface area contributed by atoms with E-state index in [0.717, 1.165) is 0 Å². The molecule has 0 aliphatic carbocycles. The van der Waals surface area contributed by atoms with Gasteiger partial charge in [-0.25, -0.2) is 9.18 Å². The summed E-state index contributed by atoms with van der Waals surface area (Å²) in [7, 11) is 0. The Bertz CT molecular complexity index is 360. The Hall–Kier alpha value is -1.00. The molecular formula is C9H9Cl2FN2O. The predicted octanol–water partition coefficient (Wildman–Crippen LogP) is 2.84. The lowest BCUT2D eigenvalue weighted by molar-refractivity contribution is 0.252. The monoisotopic (exact) mass is 250 g/mol. The van der Waals surface area contributed by atoms with E-state index in [0.29, 0.717) is 18.1 Å². The van der Waals surface area contributed by atoms with Gasteiger partial charge >= 0.3 is 6.03 Å². The summed E-state index contributed by atoms with van der Waals surface area (Å²) in [6.07, 6.45) is 0. The van der Waals surface area contributed by atoms with Crippen LogP contribution < -0.4 is 10.6 Å². The van der Waals surface area contributed by atoms with Gasteiger partial charge in [-0.15, -0.1) is 11.6 Å². The summed E-state index contributed by atoms with van der Waals surface area (Å²) in [6, 6.07) is 3.52. The number of benzene rings is 1. The van der Waals surface area contributed by atoms with Gasteiger partial charge in [-0.2, -0.15) is 0 Å². The van der Waals surface area contributed by atoms with Crippen LogP contribution in [0.2, 0.25) is 5.02 Å². The Kier molecular flexibility index (Phi) is 4.65. The highest BCUT2D eigenvalue weighted by molar-refractivity contribution is 6.31. The number of anilines is 1. The van der Waals surface area contributed by atoms with Crippen LogP contribution in [0, 0.1) is 5.82 Å². The zero-order chi connectivity index (χ0) is 11.3. The van der Waals surface area contributed by atoms with E-state index in [-0.39, 0.29) is 5.02 Å². The zero-order valence-corrected chi connectivity index (χ0v) is 9.20. The van der Waals surface area contributed by atoms with Crippen molar-refractivity contribution in [2.45, 2.75) is 0 Å². The third kappa shape index (κ3) is 3.93. The second-order valence-electron chi connectivity index (χ2n) is 2.70. The molecule has 0 aliphatic rings. The first kappa shape index (κ1) is 12.1. The Morgan fingerprint density at radius 3 is 2.80 bits per heavy atom. The average Bonchev–Trinajstić information content (AvgIpc) is 2.20. The molecule has 2 amide bonds. The van der Waals surface area contributed by atoms with E-state index in [1.165, 1.54) is 18.2 Å². The highest BCUT2D eigenvalue weighted by Crippen LogP contribution is 2.18. The van der Waals surface area contributed by atoms with Crippen LogP contribution in [0.3, 0.4) is 0 Å². The van der Waals surface area contributed by atoms with Gasteiger partial charge in [-0.05, 0) is 18.2 Å². The molecule has 0 saturated heterocycles. The minimum absolute atomic E-state index is 0.0369. The Morgan fingerprint density at radius 2 is 2.20 bits per heavy atom. The fourth-order valence-electron chi connectivity index (χ4n) is 0.910. The van der Waals surface area contributed by atoms with E-state index < -0.39 is 11.8 Å². The molecule has 82 valence electrons. The van der Waals surface area contributed by atoms with Crippen LogP contribution in [0.5, 0.6) is 0 Å². The van der Waals surface area contributed by atoms with E-state index in [1.807, 2.05) is 0 Å². The highest BCUT2D eigenvalue weighted by Gasteiger charge is 2.03. The van der Waals surface area contributed by atoms with Crippen molar-refractivity contribution in [3.63, 3.8) is 0 Å². The maximum Gasteiger partial charge on any atom is 0.319 e. The topological polar surface area (TPSA) is 41.1 Å². The minimum Gasteiger partial charge on any atom is -0.337 e. The van der Waals surface area contributed by atoms with Crippen molar-refractivity contribution in [3.8, 4) is 0 Å². The molecular weight excluding hydrogens is 242 g/mol. The fraction of sp³-hybridized carbons (Fsp3) is 0.222. The Morgan fingerprint density at radius 1 is 1.47 bits per heavy atom. The number of alkyl halides is 1. The third-order valence-corrected chi connectivity index (χ3v) is 2.04. The first-order chi connectivity index (χ1) is 7.13. The molecule has 0 unspecified atom stereocenters. The Balaban J connectivity index is 2.57. The molecule has 15 heavy (non-hydrogen) atoms. The second kappa shape index (κ2) is 5.78. The normalized spacial score (nSPS) is 9.80. The number of rotatable bonds is 3. The van der Waals surface area contributed by atoms with Crippen LogP contribution in [0.15, 0.2) is 18.2 Å². The lowest BCUT2D eigenvalue weighted by atomic mass is 10.3. The predicted molar refractivity (Wildman–Crippen MR) is 59.2 cm³/mol. The molecule has 0 saturated carbocycles. The summed E-state index contributed by atoms with van der Waals surface area (Å²) in [6.45, 7) is 0.363. The summed E-state index contributed by atoms with van der Waals surface area (Å²) in [4.78, 5) is 11.1. The van der Waals surface area contributed by atoms with Gasteiger partial charge in [0.15, 0.2) is 0 Å². The SMILES string of the molecule is O=C(NCCCl)Nc1ccc(F)c(Cl)c1. The van der Waals surface area contributed by atoms with Crippen LogP contribution in [-0.4, -0.2) is 18.5 Å². The van der Waals surface area contributed by atoms with E-state index in [9.17, 15) is 9.18 Å². The zero-order valence-electron chi connectivity index (χ0n) is 7.69. The number of hydrogen-bond donors (Lipinski definition) is 2. The molecule has 0 heterocycles. The molecule has 2 N–H and O–H groups in total. The van der Waals surface area contributed by atoms with Gasteiger partial charge in [0.25, 0.3) is 0 Å². The second-order valence-corrected chi connectivity index (χ2v) is 3.48. The van der Waals surface area contributed by atoms with Crippen molar-refractivity contribution in [2.75, 3.05) is 17.7 Å². The first-order valence-electron chi connectivity index (χ1n) is 4.19. The fourth-order valence-corrected chi connectivity index (χ4v) is 1.18. The molecule has 0 radical (unpaired) electrons. The number of amides is 2. The molecule has 1 aromatic carbocycles. The number of halogens is 3. The summed E-state index contributed by atoms with van der Waals surface area (Å²) in [5.41, 5.74) is 0.425. The number of hydrogen-bond acceptors (Lipinski definition) is 1. The number of nitrogens with one attached hydrogen (secondary N) is 2. The summed E-state index contributed by atoms with van der Waals surface area (Å²) < 4.78 is 12.8. The Labute approximate surface area is 96.6 Å². The van der Waals surface area contributed by atoms with Crippen LogP contribution in [0.1, 0.15) is 0 Å². The molecule has 0 fully saturated rings. The van der Waals surface area contributed by atoms with E-state index in [4.69, 9.17) is 23.2 Å². The molecule has 1 aromatic rings. The summed E-state index contributed by atoms with van der Waals surface area (Å²) >= 11 is 10.9. The lowest BCUT2D eigenvalue weighted by Gasteiger charge is -2.06.